The molecule has 1 atom stereocenters. The summed E-state index contributed by atoms with van der Waals surface area (Å²) < 4.78 is 31.8. The summed E-state index contributed by atoms with van der Waals surface area (Å²) >= 11 is 12.3. The molecule has 1 aliphatic rings. The van der Waals surface area contributed by atoms with Gasteiger partial charge in [0.2, 0.25) is 21.8 Å². The van der Waals surface area contributed by atoms with Gasteiger partial charge in [-0.2, -0.15) is 0 Å². The van der Waals surface area contributed by atoms with Gasteiger partial charge in [0.15, 0.2) is 0 Å². The van der Waals surface area contributed by atoms with Crippen molar-refractivity contribution in [2.45, 2.75) is 71.0 Å². The maximum Gasteiger partial charge on any atom is 0.242 e. The summed E-state index contributed by atoms with van der Waals surface area (Å²) in [5.41, 5.74) is 1.23. The fraction of sp³-hybridized carbons (Fsp3) is 0.500. The minimum absolute atomic E-state index is 0.0609. The Morgan fingerprint density at radius 3 is 2.33 bits per heavy atom. The highest BCUT2D eigenvalue weighted by Crippen LogP contribution is 2.25. The fourth-order valence-electron chi connectivity index (χ4n) is 4.69. The predicted molar refractivity (Wildman–Crippen MR) is 156 cm³/mol. The Balaban J connectivity index is 1.72. The fourth-order valence-corrected chi connectivity index (χ4v) is 5.97. The number of amides is 2. The Labute approximate surface area is 241 Å². The lowest BCUT2D eigenvalue weighted by Gasteiger charge is -2.30. The van der Waals surface area contributed by atoms with Crippen LogP contribution in [0.3, 0.4) is 0 Å². The molecule has 3 rings (SSSR count). The van der Waals surface area contributed by atoms with E-state index in [1.165, 1.54) is 9.21 Å². The van der Waals surface area contributed by atoms with Gasteiger partial charge in [-0.05, 0) is 75.1 Å². The van der Waals surface area contributed by atoms with Crippen molar-refractivity contribution >= 4 is 50.7 Å². The summed E-state index contributed by atoms with van der Waals surface area (Å²) in [6.45, 7) is 4.37. The number of rotatable bonds is 13. The molecule has 0 radical (unpaired) electrons. The largest absolute Gasteiger partial charge is 0.494 e. The van der Waals surface area contributed by atoms with Crippen LogP contribution in [0.5, 0.6) is 5.75 Å². The minimum Gasteiger partial charge on any atom is -0.494 e. The van der Waals surface area contributed by atoms with E-state index in [1.807, 2.05) is 6.92 Å². The molecule has 0 bridgehead atoms. The van der Waals surface area contributed by atoms with E-state index in [-0.39, 0.29) is 43.8 Å². The lowest BCUT2D eigenvalue weighted by atomic mass is 10.1. The van der Waals surface area contributed by atoms with E-state index in [4.69, 9.17) is 27.9 Å². The normalized spacial score (nSPS) is 14.6. The topological polar surface area (TPSA) is 96.0 Å². The Morgan fingerprint density at radius 1 is 1.08 bits per heavy atom. The highest BCUT2D eigenvalue weighted by molar-refractivity contribution is 7.92. The summed E-state index contributed by atoms with van der Waals surface area (Å²) in [5, 5.41) is 3.84. The molecule has 0 aromatic heterocycles. The van der Waals surface area contributed by atoms with Crippen molar-refractivity contribution in [3.63, 3.8) is 0 Å². The number of benzene rings is 2. The van der Waals surface area contributed by atoms with E-state index in [2.05, 4.69) is 5.32 Å². The predicted octanol–water partition coefficient (Wildman–Crippen LogP) is 5.41. The third-order valence-electron chi connectivity index (χ3n) is 6.79. The van der Waals surface area contributed by atoms with Crippen LogP contribution >= 0.6 is 23.2 Å². The van der Waals surface area contributed by atoms with Crippen molar-refractivity contribution in [1.82, 2.24) is 10.2 Å². The monoisotopic (exact) mass is 597 g/mol. The number of hydrogen-bond donors (Lipinski definition) is 1. The number of sulfonamides is 1. The van der Waals surface area contributed by atoms with Gasteiger partial charge in [0.1, 0.15) is 11.8 Å². The van der Waals surface area contributed by atoms with Gasteiger partial charge in [-0.15, -0.1) is 0 Å². The Kier molecular flexibility index (Phi) is 11.3. The molecule has 8 nitrogen and oxygen atoms in total. The van der Waals surface area contributed by atoms with E-state index in [0.29, 0.717) is 28.1 Å². The molecule has 2 amide bonds. The molecule has 0 saturated heterocycles. The average Bonchev–Trinajstić information content (AvgIpc) is 3.40. The van der Waals surface area contributed by atoms with Crippen LogP contribution in [0, 0.1) is 0 Å². The smallest absolute Gasteiger partial charge is 0.242 e. The lowest BCUT2D eigenvalue weighted by Crippen LogP contribution is -2.49. The van der Waals surface area contributed by atoms with Crippen molar-refractivity contribution in [2.24, 2.45) is 0 Å². The Morgan fingerprint density at radius 2 is 1.74 bits per heavy atom. The molecule has 1 fully saturated rings. The van der Waals surface area contributed by atoms with Gasteiger partial charge in [0, 0.05) is 25.6 Å². The van der Waals surface area contributed by atoms with Gasteiger partial charge in [-0.3, -0.25) is 13.9 Å². The van der Waals surface area contributed by atoms with Crippen LogP contribution in [0.25, 0.3) is 0 Å². The molecule has 1 N–H and O–H groups in total. The molecular formula is C28H37Cl2N3O5S. The molecule has 11 heteroatoms. The molecule has 1 aliphatic carbocycles. The molecule has 214 valence electrons. The standard InChI is InChI=1S/C28H37Cl2N3O5S/c1-4-38-24-14-12-23(13-15-24)33(39(3,36)37)17-7-10-27(34)32(19-21-11-16-25(29)26(30)18-21)20(2)28(35)31-22-8-5-6-9-22/h11-16,18,20,22H,4-10,17,19H2,1-3H3,(H,31,35). The van der Waals surface area contributed by atoms with Crippen LogP contribution in [0.1, 0.15) is 57.9 Å². The summed E-state index contributed by atoms with van der Waals surface area (Å²) in [6.07, 6.45) is 5.50. The van der Waals surface area contributed by atoms with Crippen LogP contribution in [-0.4, -0.2) is 56.6 Å². The molecule has 0 heterocycles. The van der Waals surface area contributed by atoms with E-state index >= 15 is 0 Å². The lowest BCUT2D eigenvalue weighted by molar-refractivity contribution is -0.141. The first-order valence-electron chi connectivity index (χ1n) is 13.2. The number of halogens is 2. The summed E-state index contributed by atoms with van der Waals surface area (Å²) in [6, 6.07) is 11.3. The van der Waals surface area contributed by atoms with Crippen molar-refractivity contribution < 1.29 is 22.7 Å². The molecular weight excluding hydrogens is 561 g/mol. The summed E-state index contributed by atoms with van der Waals surface area (Å²) in [5.74, 6) is 0.186. The van der Waals surface area contributed by atoms with Gasteiger partial charge in [0.25, 0.3) is 0 Å². The van der Waals surface area contributed by atoms with Crippen molar-refractivity contribution in [1.29, 1.82) is 0 Å². The van der Waals surface area contributed by atoms with Crippen LogP contribution in [-0.2, 0) is 26.2 Å². The number of nitrogens with zero attached hydrogens (tertiary/aromatic N) is 2. The molecule has 2 aromatic rings. The van der Waals surface area contributed by atoms with Crippen LogP contribution < -0.4 is 14.4 Å². The molecule has 0 spiro atoms. The van der Waals surface area contributed by atoms with E-state index in [0.717, 1.165) is 37.5 Å². The zero-order chi connectivity index (χ0) is 28.6. The number of ether oxygens (including phenoxy) is 1. The first-order chi connectivity index (χ1) is 18.5. The third kappa shape index (κ3) is 9.01. The second kappa shape index (κ2) is 14.2. The van der Waals surface area contributed by atoms with Gasteiger partial charge in [-0.1, -0.05) is 42.1 Å². The molecule has 39 heavy (non-hydrogen) atoms. The maximum atomic E-state index is 13.5. The summed E-state index contributed by atoms with van der Waals surface area (Å²) in [4.78, 5) is 28.1. The van der Waals surface area contributed by atoms with Crippen LogP contribution in [0.4, 0.5) is 5.69 Å². The van der Waals surface area contributed by atoms with Gasteiger partial charge < -0.3 is 15.0 Å². The van der Waals surface area contributed by atoms with Gasteiger partial charge in [-0.25, -0.2) is 8.42 Å². The number of anilines is 1. The van der Waals surface area contributed by atoms with Crippen LogP contribution in [0.2, 0.25) is 10.0 Å². The molecule has 1 unspecified atom stereocenters. The average molecular weight is 599 g/mol. The number of nitrogens with one attached hydrogen (secondary N) is 1. The van der Waals surface area contributed by atoms with Crippen LogP contribution in [0.15, 0.2) is 42.5 Å². The summed E-state index contributed by atoms with van der Waals surface area (Å²) in [7, 11) is -3.59. The Hall–Kier alpha value is -2.49. The quantitative estimate of drug-likeness (QED) is 0.333. The van der Waals surface area contributed by atoms with E-state index in [9.17, 15) is 18.0 Å². The zero-order valence-electron chi connectivity index (χ0n) is 22.7. The second-order valence-electron chi connectivity index (χ2n) is 9.80. The zero-order valence-corrected chi connectivity index (χ0v) is 25.0. The van der Waals surface area contributed by atoms with Gasteiger partial charge in [0.05, 0.1) is 28.6 Å². The Bertz CT molecular complexity index is 1230. The highest BCUT2D eigenvalue weighted by atomic mass is 35.5. The van der Waals surface area contributed by atoms with E-state index in [1.54, 1.807) is 49.4 Å². The van der Waals surface area contributed by atoms with Crippen molar-refractivity contribution in [2.75, 3.05) is 23.7 Å². The van der Waals surface area contributed by atoms with Crippen molar-refractivity contribution in [3.05, 3.63) is 58.1 Å². The third-order valence-corrected chi connectivity index (χ3v) is 8.73. The number of carbonyl (C=O) groups is 2. The highest BCUT2D eigenvalue weighted by Gasteiger charge is 2.29. The van der Waals surface area contributed by atoms with E-state index < -0.39 is 16.1 Å². The number of carbonyl (C=O) groups excluding carboxylic acids is 2. The van der Waals surface area contributed by atoms with Crippen molar-refractivity contribution in [3.8, 4) is 5.75 Å². The molecule has 2 aromatic carbocycles. The number of hydrogen-bond acceptors (Lipinski definition) is 5. The first kappa shape index (κ1) is 31.0. The molecule has 1 saturated carbocycles. The second-order valence-corrected chi connectivity index (χ2v) is 12.5. The SMILES string of the molecule is CCOc1ccc(N(CCCC(=O)N(Cc2ccc(Cl)c(Cl)c2)C(C)C(=O)NC2CCCC2)S(C)(=O)=O)cc1. The first-order valence-corrected chi connectivity index (χ1v) is 15.8. The molecule has 0 aliphatic heterocycles. The minimum atomic E-state index is -3.59. The maximum absolute atomic E-state index is 13.5. The van der Waals surface area contributed by atoms with Gasteiger partial charge >= 0.3 is 0 Å².